The minimum atomic E-state index is -0.236. The molecule has 2 atom stereocenters. The molecule has 2 unspecified atom stereocenters. The van der Waals surface area contributed by atoms with Gasteiger partial charge >= 0.3 is 6.03 Å². The first-order chi connectivity index (χ1) is 11.6. The van der Waals surface area contributed by atoms with Crippen LogP contribution in [0.15, 0.2) is 36.7 Å². The summed E-state index contributed by atoms with van der Waals surface area (Å²) in [5, 5.41) is 10.0. The fraction of sp³-hybridized carbons (Fsp3) is 0.444. The summed E-state index contributed by atoms with van der Waals surface area (Å²) in [6, 6.07) is 7.84. The monoisotopic (exact) mass is 328 g/mol. The van der Waals surface area contributed by atoms with E-state index in [0.29, 0.717) is 5.69 Å². The molecule has 0 radical (unpaired) electrons. The molecule has 0 bridgehead atoms. The normalized spacial score (nSPS) is 18.3. The molecule has 6 heteroatoms. The van der Waals surface area contributed by atoms with Crippen molar-refractivity contribution in [2.24, 2.45) is 0 Å². The summed E-state index contributed by atoms with van der Waals surface area (Å²) >= 11 is 0. The highest BCUT2D eigenvalue weighted by atomic mass is 16.5. The number of amides is 2. The molecule has 0 spiro atoms. The van der Waals surface area contributed by atoms with Gasteiger partial charge in [0.05, 0.1) is 30.6 Å². The van der Waals surface area contributed by atoms with E-state index in [1.807, 2.05) is 49.0 Å². The Bertz CT molecular complexity index is 675. The van der Waals surface area contributed by atoms with Crippen LogP contribution in [-0.4, -0.2) is 28.5 Å². The minimum absolute atomic E-state index is 0.0625. The summed E-state index contributed by atoms with van der Waals surface area (Å²) < 4.78 is 7.41. The molecule has 6 nitrogen and oxygen atoms in total. The summed E-state index contributed by atoms with van der Waals surface area (Å²) in [7, 11) is 0. The van der Waals surface area contributed by atoms with Crippen molar-refractivity contribution in [3.05, 3.63) is 47.8 Å². The second-order valence-corrected chi connectivity index (χ2v) is 6.32. The van der Waals surface area contributed by atoms with Gasteiger partial charge < -0.3 is 15.4 Å². The van der Waals surface area contributed by atoms with Crippen LogP contribution in [0, 0.1) is 6.92 Å². The summed E-state index contributed by atoms with van der Waals surface area (Å²) in [6.45, 7) is 5.56. The zero-order valence-corrected chi connectivity index (χ0v) is 14.2. The molecule has 2 amide bonds. The number of hydrogen-bond acceptors (Lipinski definition) is 3. The first kappa shape index (κ1) is 16.5. The van der Waals surface area contributed by atoms with Gasteiger partial charge in [0.2, 0.25) is 0 Å². The number of benzene rings is 1. The molecule has 1 fully saturated rings. The summed E-state index contributed by atoms with van der Waals surface area (Å²) in [5.41, 5.74) is 2.96. The Morgan fingerprint density at radius 3 is 2.92 bits per heavy atom. The molecule has 2 N–H and O–H groups in total. The Morgan fingerprint density at radius 1 is 1.42 bits per heavy atom. The van der Waals surface area contributed by atoms with Gasteiger partial charge in [-0.2, -0.15) is 5.10 Å². The van der Waals surface area contributed by atoms with Gasteiger partial charge in [0.25, 0.3) is 0 Å². The second-order valence-electron chi connectivity index (χ2n) is 6.32. The molecule has 2 heterocycles. The Balaban J connectivity index is 1.51. The molecule has 1 aromatic carbocycles. The lowest BCUT2D eigenvalue weighted by atomic mass is 10.1. The fourth-order valence-corrected chi connectivity index (χ4v) is 2.83. The molecule has 0 aliphatic carbocycles. The fourth-order valence-electron chi connectivity index (χ4n) is 2.83. The first-order valence-corrected chi connectivity index (χ1v) is 8.38. The van der Waals surface area contributed by atoms with E-state index in [2.05, 4.69) is 15.7 Å². The minimum Gasteiger partial charge on any atom is -0.376 e. The van der Waals surface area contributed by atoms with E-state index in [0.717, 1.165) is 31.6 Å². The van der Waals surface area contributed by atoms with E-state index in [1.54, 1.807) is 6.20 Å². The average Bonchev–Trinajstić information content (AvgIpc) is 3.20. The van der Waals surface area contributed by atoms with Crippen LogP contribution in [0.25, 0.3) is 0 Å². The predicted molar refractivity (Wildman–Crippen MR) is 92.9 cm³/mol. The maximum absolute atomic E-state index is 12.1. The van der Waals surface area contributed by atoms with Crippen LogP contribution in [-0.2, 0) is 11.3 Å². The molecular formula is C18H24N4O2. The highest BCUT2D eigenvalue weighted by Gasteiger charge is 2.16. The maximum atomic E-state index is 12.1. The van der Waals surface area contributed by atoms with Crippen molar-refractivity contribution in [1.82, 2.24) is 15.1 Å². The van der Waals surface area contributed by atoms with Crippen LogP contribution in [0.2, 0.25) is 0 Å². The third-order valence-corrected chi connectivity index (χ3v) is 4.23. The zero-order chi connectivity index (χ0) is 16.9. The molecule has 2 aromatic rings. The highest BCUT2D eigenvalue weighted by Crippen LogP contribution is 2.16. The van der Waals surface area contributed by atoms with E-state index in [9.17, 15) is 4.79 Å². The lowest BCUT2D eigenvalue weighted by Gasteiger charge is -2.14. The zero-order valence-electron chi connectivity index (χ0n) is 14.2. The SMILES string of the molecule is Cc1ccc(C(C)NC(=O)Nc2cnn(CC3CCCO3)c2)cc1. The van der Waals surface area contributed by atoms with Crippen molar-refractivity contribution >= 4 is 11.7 Å². The Labute approximate surface area is 142 Å². The van der Waals surface area contributed by atoms with Crippen LogP contribution >= 0.6 is 0 Å². The van der Waals surface area contributed by atoms with Crippen LogP contribution in [0.5, 0.6) is 0 Å². The van der Waals surface area contributed by atoms with E-state index in [1.165, 1.54) is 5.56 Å². The number of nitrogens with zero attached hydrogens (tertiary/aromatic N) is 2. The summed E-state index contributed by atoms with van der Waals surface area (Å²) in [6.07, 6.45) is 5.89. The smallest absolute Gasteiger partial charge is 0.319 e. The number of anilines is 1. The van der Waals surface area contributed by atoms with Gasteiger partial charge in [-0.15, -0.1) is 0 Å². The van der Waals surface area contributed by atoms with Gasteiger partial charge in [-0.05, 0) is 32.3 Å². The first-order valence-electron chi connectivity index (χ1n) is 8.38. The summed E-state index contributed by atoms with van der Waals surface area (Å²) in [4.78, 5) is 12.1. The molecule has 3 rings (SSSR count). The van der Waals surface area contributed by atoms with Crippen molar-refractivity contribution in [2.75, 3.05) is 11.9 Å². The predicted octanol–water partition coefficient (Wildman–Crippen LogP) is 3.25. The van der Waals surface area contributed by atoms with Crippen molar-refractivity contribution < 1.29 is 9.53 Å². The van der Waals surface area contributed by atoms with Crippen LogP contribution in [0.4, 0.5) is 10.5 Å². The van der Waals surface area contributed by atoms with Crippen LogP contribution in [0.1, 0.15) is 36.9 Å². The second kappa shape index (κ2) is 7.49. The van der Waals surface area contributed by atoms with E-state index >= 15 is 0 Å². The average molecular weight is 328 g/mol. The Hall–Kier alpha value is -2.34. The standard InChI is InChI=1S/C18H24N4O2/c1-13-5-7-15(8-6-13)14(2)20-18(23)21-16-10-19-22(11-16)12-17-4-3-9-24-17/h5-8,10-11,14,17H,3-4,9,12H2,1-2H3,(H2,20,21,23). The molecule has 1 aromatic heterocycles. The van der Waals surface area contributed by atoms with Gasteiger partial charge in [0.15, 0.2) is 0 Å². The topological polar surface area (TPSA) is 68.2 Å². The van der Waals surface area contributed by atoms with E-state index in [-0.39, 0.29) is 18.2 Å². The molecule has 0 saturated carbocycles. The number of aryl methyl sites for hydroxylation is 1. The number of aromatic nitrogens is 2. The number of nitrogens with one attached hydrogen (secondary N) is 2. The molecule has 1 aliphatic heterocycles. The lowest BCUT2D eigenvalue weighted by molar-refractivity contribution is 0.0940. The van der Waals surface area contributed by atoms with E-state index in [4.69, 9.17) is 4.74 Å². The van der Waals surface area contributed by atoms with Crippen molar-refractivity contribution in [2.45, 2.75) is 45.4 Å². The third-order valence-electron chi connectivity index (χ3n) is 4.23. The number of ether oxygens (including phenoxy) is 1. The van der Waals surface area contributed by atoms with Gasteiger partial charge in [-0.25, -0.2) is 4.79 Å². The number of carbonyl (C=O) groups is 1. The Morgan fingerprint density at radius 2 is 2.21 bits per heavy atom. The molecule has 128 valence electrons. The van der Waals surface area contributed by atoms with Gasteiger partial charge in [0.1, 0.15) is 0 Å². The van der Waals surface area contributed by atoms with Gasteiger partial charge in [-0.1, -0.05) is 29.8 Å². The maximum Gasteiger partial charge on any atom is 0.319 e. The third kappa shape index (κ3) is 4.35. The highest BCUT2D eigenvalue weighted by molar-refractivity contribution is 5.89. The number of rotatable bonds is 5. The van der Waals surface area contributed by atoms with Crippen LogP contribution < -0.4 is 10.6 Å². The largest absolute Gasteiger partial charge is 0.376 e. The number of hydrogen-bond donors (Lipinski definition) is 2. The number of carbonyl (C=O) groups excluding carboxylic acids is 1. The van der Waals surface area contributed by atoms with Crippen molar-refractivity contribution in [3.8, 4) is 0 Å². The molecule has 1 aliphatic rings. The molecule has 1 saturated heterocycles. The molecule has 24 heavy (non-hydrogen) atoms. The van der Waals surface area contributed by atoms with Gasteiger partial charge in [0, 0.05) is 12.8 Å². The van der Waals surface area contributed by atoms with Crippen molar-refractivity contribution in [3.63, 3.8) is 0 Å². The summed E-state index contributed by atoms with van der Waals surface area (Å²) in [5.74, 6) is 0. The number of urea groups is 1. The van der Waals surface area contributed by atoms with Gasteiger partial charge in [-0.3, -0.25) is 4.68 Å². The van der Waals surface area contributed by atoms with Crippen molar-refractivity contribution in [1.29, 1.82) is 0 Å². The quantitative estimate of drug-likeness (QED) is 0.885. The molecular weight excluding hydrogens is 304 g/mol. The van der Waals surface area contributed by atoms with E-state index < -0.39 is 0 Å². The lowest BCUT2D eigenvalue weighted by Crippen LogP contribution is -2.31. The Kier molecular flexibility index (Phi) is 5.15. The van der Waals surface area contributed by atoms with Crippen LogP contribution in [0.3, 0.4) is 0 Å².